The molecule has 0 spiro atoms. The van der Waals surface area contributed by atoms with Crippen LogP contribution >= 0.6 is 0 Å². The smallest absolute Gasteiger partial charge is 0.224 e. The number of nitrogens with zero attached hydrogens (tertiary/aromatic N) is 1. The number of ether oxygens (including phenoxy) is 1. The van der Waals surface area contributed by atoms with Crippen LogP contribution in [-0.2, 0) is 9.53 Å². The Morgan fingerprint density at radius 1 is 1.33 bits per heavy atom. The topological polar surface area (TPSA) is 41.6 Å². The van der Waals surface area contributed by atoms with Crippen molar-refractivity contribution in [3.63, 3.8) is 0 Å². The summed E-state index contributed by atoms with van der Waals surface area (Å²) in [5, 5.41) is 3.49. The molecule has 1 saturated heterocycles. The normalized spacial score (nSPS) is 19.8. The third kappa shape index (κ3) is 5.83. The summed E-state index contributed by atoms with van der Waals surface area (Å²) in [5.74, 6) is 0.223. The average molecular weight is 256 g/mol. The van der Waals surface area contributed by atoms with Gasteiger partial charge in [0.1, 0.15) is 0 Å². The van der Waals surface area contributed by atoms with Gasteiger partial charge in [0.15, 0.2) is 0 Å². The number of nitrogens with one attached hydrogen (secondary N) is 1. The molecule has 0 radical (unpaired) electrons. The fourth-order valence-electron chi connectivity index (χ4n) is 2.32. The van der Waals surface area contributed by atoms with Crippen LogP contribution in [0, 0.1) is 0 Å². The first kappa shape index (κ1) is 15.4. The van der Waals surface area contributed by atoms with Gasteiger partial charge in [-0.3, -0.25) is 4.79 Å². The molecule has 0 saturated carbocycles. The standard InChI is InChI=1S/C14H28N2O2/c1-3-10-18-11-8-14(17)16(4-2)12-13-7-5-6-9-15-13/h13,15H,3-12H2,1-2H3. The molecule has 18 heavy (non-hydrogen) atoms. The van der Waals surface area contributed by atoms with Crippen molar-refractivity contribution >= 4 is 5.91 Å². The maximum Gasteiger partial charge on any atom is 0.224 e. The van der Waals surface area contributed by atoms with Gasteiger partial charge in [-0.1, -0.05) is 13.3 Å². The van der Waals surface area contributed by atoms with Crippen molar-refractivity contribution in [2.45, 2.75) is 52.0 Å². The molecule has 0 bridgehead atoms. The molecule has 1 amide bonds. The highest BCUT2D eigenvalue weighted by atomic mass is 16.5. The molecule has 0 aromatic heterocycles. The summed E-state index contributed by atoms with van der Waals surface area (Å²) in [6, 6.07) is 0.485. The Hall–Kier alpha value is -0.610. The highest BCUT2D eigenvalue weighted by Gasteiger charge is 2.18. The molecule has 0 aliphatic carbocycles. The number of carbonyl (C=O) groups excluding carboxylic acids is 1. The Bertz CT molecular complexity index is 228. The van der Waals surface area contributed by atoms with E-state index in [1.54, 1.807) is 0 Å². The first-order valence-electron chi connectivity index (χ1n) is 7.36. The first-order chi connectivity index (χ1) is 8.77. The third-order valence-corrected chi connectivity index (χ3v) is 3.40. The molecule has 1 heterocycles. The predicted octanol–water partition coefficient (Wildman–Crippen LogP) is 1.79. The van der Waals surface area contributed by atoms with E-state index in [9.17, 15) is 4.79 Å². The fourth-order valence-corrected chi connectivity index (χ4v) is 2.32. The van der Waals surface area contributed by atoms with Crippen molar-refractivity contribution in [1.29, 1.82) is 0 Å². The molecule has 1 N–H and O–H groups in total. The van der Waals surface area contributed by atoms with Crippen molar-refractivity contribution < 1.29 is 9.53 Å². The molecule has 1 fully saturated rings. The minimum atomic E-state index is 0.223. The first-order valence-corrected chi connectivity index (χ1v) is 7.36. The molecular formula is C14H28N2O2. The number of likely N-dealkylation sites (N-methyl/N-ethyl adjacent to an activating group) is 1. The SMILES string of the molecule is CCCOCCC(=O)N(CC)CC1CCCCN1. The van der Waals surface area contributed by atoms with Gasteiger partial charge >= 0.3 is 0 Å². The summed E-state index contributed by atoms with van der Waals surface area (Å²) in [7, 11) is 0. The maximum absolute atomic E-state index is 12.0. The molecule has 1 aliphatic rings. The number of hydrogen-bond acceptors (Lipinski definition) is 3. The lowest BCUT2D eigenvalue weighted by Crippen LogP contribution is -2.45. The molecule has 0 aromatic carbocycles. The second-order valence-corrected chi connectivity index (χ2v) is 4.94. The zero-order valence-electron chi connectivity index (χ0n) is 11.9. The van der Waals surface area contributed by atoms with E-state index < -0.39 is 0 Å². The van der Waals surface area contributed by atoms with E-state index in [1.807, 2.05) is 11.8 Å². The quantitative estimate of drug-likeness (QED) is 0.673. The summed E-state index contributed by atoms with van der Waals surface area (Å²) in [6.07, 6.45) is 5.26. The maximum atomic E-state index is 12.0. The number of piperidine rings is 1. The van der Waals surface area contributed by atoms with Crippen molar-refractivity contribution in [3.8, 4) is 0 Å². The van der Waals surface area contributed by atoms with Crippen LogP contribution in [0.15, 0.2) is 0 Å². The van der Waals surface area contributed by atoms with Crippen LogP contribution in [0.2, 0.25) is 0 Å². The van der Waals surface area contributed by atoms with Crippen molar-refractivity contribution in [2.75, 3.05) is 32.8 Å². The molecule has 106 valence electrons. The number of amides is 1. The molecule has 4 nitrogen and oxygen atoms in total. The van der Waals surface area contributed by atoms with Crippen molar-refractivity contribution in [2.24, 2.45) is 0 Å². The Morgan fingerprint density at radius 2 is 2.17 bits per heavy atom. The summed E-state index contributed by atoms with van der Waals surface area (Å²) in [4.78, 5) is 14.0. The summed E-state index contributed by atoms with van der Waals surface area (Å²) < 4.78 is 5.37. The largest absolute Gasteiger partial charge is 0.381 e. The van der Waals surface area contributed by atoms with Crippen LogP contribution in [0.3, 0.4) is 0 Å². The van der Waals surface area contributed by atoms with Crippen molar-refractivity contribution in [3.05, 3.63) is 0 Å². The monoisotopic (exact) mass is 256 g/mol. The van der Waals surface area contributed by atoms with E-state index >= 15 is 0 Å². The third-order valence-electron chi connectivity index (χ3n) is 3.40. The number of hydrogen-bond donors (Lipinski definition) is 1. The van der Waals surface area contributed by atoms with Crippen LogP contribution in [0.25, 0.3) is 0 Å². The Kier molecular flexibility index (Phi) is 8.01. The lowest BCUT2D eigenvalue weighted by Gasteiger charge is -2.30. The van der Waals surface area contributed by atoms with E-state index in [-0.39, 0.29) is 5.91 Å². The van der Waals surface area contributed by atoms with Crippen LogP contribution in [-0.4, -0.2) is 49.7 Å². The average Bonchev–Trinajstić information content (AvgIpc) is 2.42. The van der Waals surface area contributed by atoms with Gasteiger partial charge in [0.25, 0.3) is 0 Å². The molecule has 1 rings (SSSR count). The van der Waals surface area contributed by atoms with Gasteiger partial charge < -0.3 is 15.0 Å². The van der Waals surface area contributed by atoms with E-state index in [4.69, 9.17) is 4.74 Å². The van der Waals surface area contributed by atoms with Gasteiger partial charge in [-0.25, -0.2) is 0 Å². The van der Waals surface area contributed by atoms with Crippen LogP contribution < -0.4 is 5.32 Å². The van der Waals surface area contributed by atoms with E-state index in [1.165, 1.54) is 19.3 Å². The van der Waals surface area contributed by atoms with Crippen LogP contribution in [0.1, 0.15) is 46.0 Å². The number of carbonyl (C=O) groups is 1. The second kappa shape index (κ2) is 9.34. The van der Waals surface area contributed by atoms with Gasteiger partial charge in [-0.05, 0) is 32.7 Å². The summed E-state index contributed by atoms with van der Waals surface area (Å²) in [5.41, 5.74) is 0. The Morgan fingerprint density at radius 3 is 2.78 bits per heavy atom. The van der Waals surface area contributed by atoms with Gasteiger partial charge in [0.2, 0.25) is 5.91 Å². The van der Waals surface area contributed by atoms with Crippen LogP contribution in [0.5, 0.6) is 0 Å². The van der Waals surface area contributed by atoms with Gasteiger partial charge in [0.05, 0.1) is 13.0 Å². The minimum Gasteiger partial charge on any atom is -0.381 e. The van der Waals surface area contributed by atoms with E-state index in [0.717, 1.165) is 32.7 Å². The summed E-state index contributed by atoms with van der Waals surface area (Å²) >= 11 is 0. The number of rotatable bonds is 8. The molecule has 0 aromatic rings. The molecule has 1 aliphatic heterocycles. The molecular weight excluding hydrogens is 228 g/mol. The summed E-state index contributed by atoms with van der Waals surface area (Å²) in [6.45, 7) is 8.18. The van der Waals surface area contributed by atoms with Gasteiger partial charge in [-0.15, -0.1) is 0 Å². The zero-order valence-corrected chi connectivity index (χ0v) is 11.9. The zero-order chi connectivity index (χ0) is 13.2. The highest BCUT2D eigenvalue weighted by molar-refractivity contribution is 5.76. The van der Waals surface area contributed by atoms with E-state index in [0.29, 0.717) is 19.1 Å². The lowest BCUT2D eigenvalue weighted by molar-refractivity contribution is -0.132. The highest BCUT2D eigenvalue weighted by Crippen LogP contribution is 2.09. The van der Waals surface area contributed by atoms with Crippen LogP contribution in [0.4, 0.5) is 0 Å². The Balaban J connectivity index is 2.23. The minimum absolute atomic E-state index is 0.223. The van der Waals surface area contributed by atoms with E-state index in [2.05, 4.69) is 12.2 Å². The van der Waals surface area contributed by atoms with Gasteiger partial charge in [0, 0.05) is 25.7 Å². The van der Waals surface area contributed by atoms with Gasteiger partial charge in [-0.2, -0.15) is 0 Å². The second-order valence-electron chi connectivity index (χ2n) is 4.94. The fraction of sp³-hybridized carbons (Fsp3) is 0.929. The lowest BCUT2D eigenvalue weighted by atomic mass is 10.0. The predicted molar refractivity (Wildman–Crippen MR) is 73.6 cm³/mol. The van der Waals surface area contributed by atoms with Crippen molar-refractivity contribution in [1.82, 2.24) is 10.2 Å². The molecule has 1 atom stereocenters. The molecule has 4 heteroatoms. The molecule has 1 unspecified atom stereocenters. The Labute approximate surface area is 111 Å².